The Morgan fingerprint density at radius 2 is 1.04 bits per heavy atom. The number of aromatic nitrogens is 1. The van der Waals surface area contributed by atoms with E-state index < -0.39 is 0 Å². The van der Waals surface area contributed by atoms with Gasteiger partial charge in [-0.2, -0.15) is 0 Å². The average molecular weight is 946 g/mol. The molecule has 0 N–H and O–H groups in total. The number of rotatable bonds is 4. The zero-order valence-corrected chi connectivity index (χ0v) is 44.6. The van der Waals surface area contributed by atoms with Crippen molar-refractivity contribution < 1.29 is 0 Å². The molecule has 0 unspecified atom stereocenters. The van der Waals surface area contributed by atoms with Crippen LogP contribution >= 0.6 is 0 Å². The second-order valence-corrected chi connectivity index (χ2v) is 24.1. The van der Waals surface area contributed by atoms with Crippen molar-refractivity contribution in [3.05, 3.63) is 214 Å². The highest BCUT2D eigenvalue weighted by atomic mass is 15.2. The minimum Gasteiger partial charge on any atom is -0.311 e. The quantitative estimate of drug-likeness (QED) is 0.163. The van der Waals surface area contributed by atoms with E-state index >= 15 is 0 Å². The summed E-state index contributed by atoms with van der Waals surface area (Å²) in [6.45, 7) is 28.1. The fourth-order valence-corrected chi connectivity index (χ4v) is 13.2. The molecule has 2 aliphatic heterocycles. The van der Waals surface area contributed by atoms with Crippen molar-refractivity contribution in [3.8, 4) is 27.9 Å². The molecule has 0 fully saturated rings. The lowest BCUT2D eigenvalue weighted by Crippen LogP contribution is -2.61. The van der Waals surface area contributed by atoms with E-state index in [1.807, 2.05) is 0 Å². The zero-order chi connectivity index (χ0) is 50.6. The monoisotopic (exact) mass is 946 g/mol. The van der Waals surface area contributed by atoms with Gasteiger partial charge in [0.1, 0.15) is 0 Å². The van der Waals surface area contributed by atoms with Crippen molar-refractivity contribution in [2.24, 2.45) is 0 Å². The third-order valence-corrected chi connectivity index (χ3v) is 16.9. The number of benzene rings is 9. The summed E-state index contributed by atoms with van der Waals surface area (Å²) in [7, 11) is 0. The number of hydrogen-bond donors (Lipinski definition) is 0. The fraction of sp³-hybridized carbons (Fsp3) is 0.217. The summed E-state index contributed by atoms with van der Waals surface area (Å²) in [5, 5.41) is 2.55. The SMILES string of the molecule is Cc1cc(-c2ccc3c(c2)C(C)(C)c2ccccc2-3)cc(C)c1N1c2cc3c(cc2B2c4cc(C(C)(C)C)ccc4N(c4ccccc4)c4cc(C(C)(C)C)cc1c42)c1ccccc1n3-c1c(C)cccc1C. The van der Waals surface area contributed by atoms with Gasteiger partial charge < -0.3 is 14.4 Å². The maximum absolute atomic E-state index is 2.69. The molecule has 3 nitrogen and oxygen atoms in total. The van der Waals surface area contributed by atoms with E-state index in [2.05, 4.69) is 267 Å². The van der Waals surface area contributed by atoms with E-state index in [0.29, 0.717) is 0 Å². The summed E-state index contributed by atoms with van der Waals surface area (Å²) in [5.74, 6) is 0. The van der Waals surface area contributed by atoms with Gasteiger partial charge in [0.2, 0.25) is 0 Å². The second kappa shape index (κ2) is 15.7. The minimum atomic E-state index is -0.139. The molecule has 10 aromatic rings. The zero-order valence-electron chi connectivity index (χ0n) is 44.6. The lowest BCUT2D eigenvalue weighted by molar-refractivity contribution is 0.590. The number of para-hydroxylation sites is 3. The van der Waals surface area contributed by atoms with Crippen molar-refractivity contribution in [3.63, 3.8) is 0 Å². The standard InChI is InChI=1S/C69H64BN3/c1-41-21-20-22-42(2)65(41)72-58-28-19-17-26-52(58)53-39-57-61(40-60(53)72)73(66-43(3)33-46(34-44(66)4)45-29-31-51-50-25-16-18-27-54(50)69(11,12)55(51)35-45)63-38-48(68(8,9)10)37-62-64(63)70(57)56-36-47(67(5,6)7)30-32-59(56)71(62)49-23-14-13-15-24-49/h13-40H,1-12H3. The van der Waals surface area contributed by atoms with Crippen LogP contribution in [-0.4, -0.2) is 11.3 Å². The first-order valence-electron chi connectivity index (χ1n) is 26.4. The maximum atomic E-state index is 2.69. The number of anilines is 6. The van der Waals surface area contributed by atoms with Crippen LogP contribution < -0.4 is 26.2 Å². The van der Waals surface area contributed by atoms with Gasteiger partial charge >= 0.3 is 0 Å². The number of fused-ring (bicyclic) bond motifs is 10. The Kier molecular flexibility index (Phi) is 9.76. The molecule has 3 heterocycles. The molecule has 0 saturated heterocycles. The topological polar surface area (TPSA) is 11.4 Å². The molecule has 1 aromatic heterocycles. The Balaban J connectivity index is 1.14. The van der Waals surface area contributed by atoms with Gasteiger partial charge in [0, 0.05) is 44.6 Å². The van der Waals surface area contributed by atoms with Crippen LogP contribution in [0.2, 0.25) is 0 Å². The molecule has 0 atom stereocenters. The molecule has 358 valence electrons. The van der Waals surface area contributed by atoms with Crippen LogP contribution in [-0.2, 0) is 16.2 Å². The first-order valence-corrected chi connectivity index (χ1v) is 26.4. The van der Waals surface area contributed by atoms with Crippen molar-refractivity contribution in [1.82, 2.24) is 4.57 Å². The van der Waals surface area contributed by atoms with Crippen LogP contribution in [0.5, 0.6) is 0 Å². The van der Waals surface area contributed by atoms with Crippen LogP contribution in [0.4, 0.5) is 34.1 Å². The van der Waals surface area contributed by atoms with Crippen LogP contribution in [0.1, 0.15) is 99.9 Å². The second-order valence-electron chi connectivity index (χ2n) is 24.1. The Bertz CT molecular complexity index is 3920. The Labute approximate surface area is 432 Å². The van der Waals surface area contributed by atoms with Gasteiger partial charge in [-0.15, -0.1) is 0 Å². The molecule has 0 radical (unpaired) electrons. The normalized spacial score (nSPS) is 14.3. The van der Waals surface area contributed by atoms with Crippen molar-refractivity contribution in [2.75, 3.05) is 9.80 Å². The van der Waals surface area contributed by atoms with Crippen LogP contribution in [0, 0.1) is 27.7 Å². The molecular weight excluding hydrogens is 882 g/mol. The lowest BCUT2D eigenvalue weighted by Gasteiger charge is -2.46. The smallest absolute Gasteiger partial charge is 0.252 e. The molecule has 3 aliphatic rings. The lowest BCUT2D eigenvalue weighted by atomic mass is 9.33. The van der Waals surface area contributed by atoms with Crippen LogP contribution in [0.15, 0.2) is 170 Å². The van der Waals surface area contributed by atoms with Gasteiger partial charge in [-0.3, -0.25) is 0 Å². The van der Waals surface area contributed by atoms with E-state index in [0.717, 1.165) is 0 Å². The summed E-state index contributed by atoms with van der Waals surface area (Å²) in [6, 6.07) is 65.5. The predicted octanol–water partition coefficient (Wildman–Crippen LogP) is 16.7. The Morgan fingerprint density at radius 3 is 1.75 bits per heavy atom. The summed E-state index contributed by atoms with van der Waals surface area (Å²) in [4.78, 5) is 5.25. The van der Waals surface area contributed by atoms with Gasteiger partial charge in [-0.25, -0.2) is 0 Å². The number of nitrogens with zero attached hydrogens (tertiary/aromatic N) is 3. The van der Waals surface area contributed by atoms with Gasteiger partial charge in [-0.05, 0) is 182 Å². The van der Waals surface area contributed by atoms with E-state index in [4.69, 9.17) is 0 Å². The van der Waals surface area contributed by atoms with E-state index in [9.17, 15) is 0 Å². The Morgan fingerprint density at radius 1 is 0.411 bits per heavy atom. The van der Waals surface area contributed by atoms with E-state index in [1.54, 1.807) is 0 Å². The third-order valence-electron chi connectivity index (χ3n) is 16.9. The average Bonchev–Trinajstić information content (AvgIpc) is 3.79. The summed E-state index contributed by atoms with van der Waals surface area (Å²) in [6.07, 6.45) is 0. The van der Waals surface area contributed by atoms with Gasteiger partial charge in [0.15, 0.2) is 0 Å². The van der Waals surface area contributed by atoms with Crippen LogP contribution in [0.3, 0.4) is 0 Å². The summed E-state index contributed by atoms with van der Waals surface area (Å²) >= 11 is 0. The van der Waals surface area contributed by atoms with Crippen LogP contribution in [0.25, 0.3) is 49.7 Å². The first kappa shape index (κ1) is 45.3. The summed E-state index contributed by atoms with van der Waals surface area (Å²) < 4.78 is 2.56. The molecule has 9 aromatic carbocycles. The number of aryl methyl sites for hydroxylation is 4. The maximum Gasteiger partial charge on any atom is 0.252 e. The van der Waals surface area contributed by atoms with Crippen molar-refractivity contribution in [1.29, 1.82) is 0 Å². The van der Waals surface area contributed by atoms with Gasteiger partial charge in [-0.1, -0.05) is 165 Å². The Hall–Kier alpha value is -7.56. The molecule has 4 heteroatoms. The van der Waals surface area contributed by atoms with Gasteiger partial charge in [0.25, 0.3) is 6.71 Å². The van der Waals surface area contributed by atoms with Gasteiger partial charge in [0.05, 0.1) is 22.4 Å². The molecule has 1 aliphatic carbocycles. The number of hydrogen-bond acceptors (Lipinski definition) is 2. The highest BCUT2D eigenvalue weighted by Crippen LogP contribution is 2.52. The minimum absolute atomic E-state index is 0.0342. The highest BCUT2D eigenvalue weighted by Gasteiger charge is 2.46. The molecule has 0 amide bonds. The molecule has 0 bridgehead atoms. The molecule has 0 spiro atoms. The van der Waals surface area contributed by atoms with Crippen molar-refractivity contribution >= 4 is 79.0 Å². The predicted molar refractivity (Wildman–Crippen MR) is 314 cm³/mol. The molecule has 73 heavy (non-hydrogen) atoms. The van der Waals surface area contributed by atoms with E-state index in [-0.39, 0.29) is 23.0 Å². The van der Waals surface area contributed by atoms with Crippen molar-refractivity contribution in [2.45, 2.75) is 99.3 Å². The van der Waals surface area contributed by atoms with E-state index in [1.165, 1.54) is 145 Å². The largest absolute Gasteiger partial charge is 0.311 e. The molecular formula is C69H64BN3. The first-order chi connectivity index (χ1) is 34.9. The third kappa shape index (κ3) is 6.65. The summed E-state index contributed by atoms with van der Waals surface area (Å²) in [5.41, 5.74) is 30.5. The molecule has 13 rings (SSSR count). The highest BCUT2D eigenvalue weighted by molar-refractivity contribution is 7.00. The fourth-order valence-electron chi connectivity index (χ4n) is 13.2. The molecule has 0 saturated carbocycles.